The predicted octanol–water partition coefficient (Wildman–Crippen LogP) is 4.62. The highest BCUT2D eigenvalue weighted by Gasteiger charge is 2.13. The molecule has 0 bridgehead atoms. The van der Waals surface area contributed by atoms with Crippen LogP contribution in [0.1, 0.15) is 12.0 Å². The minimum absolute atomic E-state index is 0.0399. The number of hydrogen-bond acceptors (Lipinski definition) is 3. The quantitative estimate of drug-likeness (QED) is 0.650. The van der Waals surface area contributed by atoms with Gasteiger partial charge in [-0.3, -0.25) is 4.79 Å². The smallest absolute Gasteiger partial charge is 0.200 e. The van der Waals surface area contributed by atoms with Gasteiger partial charge in [0.2, 0.25) is 5.43 Å². The third-order valence-electron chi connectivity index (χ3n) is 3.25. The summed E-state index contributed by atoms with van der Waals surface area (Å²) in [5.41, 5.74) is 1.96. The van der Waals surface area contributed by atoms with Gasteiger partial charge in [0.1, 0.15) is 5.58 Å². The van der Waals surface area contributed by atoms with E-state index < -0.39 is 0 Å². The van der Waals surface area contributed by atoms with Gasteiger partial charge in [-0.15, -0.1) is 0 Å². The van der Waals surface area contributed by atoms with Gasteiger partial charge in [0.15, 0.2) is 11.3 Å². The molecule has 0 amide bonds. The zero-order chi connectivity index (χ0) is 15.0. The molecule has 3 nitrogen and oxygen atoms in total. The average Bonchev–Trinajstić information content (AvgIpc) is 2.46. The molecule has 1 heterocycles. The highest BCUT2D eigenvalue weighted by Crippen LogP contribution is 2.29. The Labute approximate surface area is 130 Å². The SMILES string of the molecule is [CH2]CCOc1cc(C)cc2c(=O)c3ccc(Br)cc3oc12. The molecule has 0 spiro atoms. The Morgan fingerprint density at radius 1 is 1.24 bits per heavy atom. The molecule has 0 saturated carbocycles. The normalized spacial score (nSPS) is 11.2. The highest BCUT2D eigenvalue weighted by atomic mass is 79.9. The topological polar surface area (TPSA) is 39.4 Å². The molecule has 1 aromatic heterocycles. The summed E-state index contributed by atoms with van der Waals surface area (Å²) >= 11 is 3.39. The fourth-order valence-corrected chi connectivity index (χ4v) is 2.67. The Morgan fingerprint density at radius 2 is 2.05 bits per heavy atom. The van der Waals surface area contributed by atoms with Crippen LogP contribution in [0.25, 0.3) is 21.9 Å². The molecule has 0 aliphatic heterocycles. The zero-order valence-electron chi connectivity index (χ0n) is 11.6. The van der Waals surface area contributed by atoms with Crippen LogP contribution in [0.5, 0.6) is 5.75 Å². The lowest BCUT2D eigenvalue weighted by atomic mass is 10.1. The van der Waals surface area contributed by atoms with E-state index in [4.69, 9.17) is 9.15 Å². The van der Waals surface area contributed by atoms with Crippen molar-refractivity contribution < 1.29 is 9.15 Å². The second kappa shape index (κ2) is 5.53. The Hall–Kier alpha value is -1.81. The second-order valence-corrected chi connectivity index (χ2v) is 5.83. The summed E-state index contributed by atoms with van der Waals surface area (Å²) in [7, 11) is 0. The van der Waals surface area contributed by atoms with Gasteiger partial charge in [-0.2, -0.15) is 0 Å². The van der Waals surface area contributed by atoms with Crippen LogP contribution < -0.4 is 10.2 Å². The molecule has 1 radical (unpaired) electrons. The molecule has 107 valence electrons. The number of benzene rings is 2. The Kier molecular flexibility index (Phi) is 3.72. The van der Waals surface area contributed by atoms with Crippen molar-refractivity contribution in [1.29, 1.82) is 0 Å². The van der Waals surface area contributed by atoms with Crippen molar-refractivity contribution in [3.63, 3.8) is 0 Å². The first-order valence-corrected chi connectivity index (χ1v) is 7.48. The van der Waals surface area contributed by atoms with Crippen molar-refractivity contribution in [2.45, 2.75) is 13.3 Å². The molecular formula is C17H14BrO3. The molecule has 0 unspecified atom stereocenters. The molecule has 2 aromatic carbocycles. The van der Waals surface area contributed by atoms with E-state index in [0.29, 0.717) is 40.7 Å². The van der Waals surface area contributed by atoms with Crippen molar-refractivity contribution in [1.82, 2.24) is 0 Å². The van der Waals surface area contributed by atoms with E-state index in [-0.39, 0.29) is 5.43 Å². The van der Waals surface area contributed by atoms with E-state index in [0.717, 1.165) is 10.0 Å². The molecule has 3 aromatic rings. The summed E-state index contributed by atoms with van der Waals surface area (Å²) in [5.74, 6) is 0.590. The lowest BCUT2D eigenvalue weighted by Gasteiger charge is -2.10. The Bertz CT molecular complexity index is 880. The van der Waals surface area contributed by atoms with Crippen LogP contribution in [-0.2, 0) is 0 Å². The predicted molar refractivity (Wildman–Crippen MR) is 87.9 cm³/mol. The van der Waals surface area contributed by atoms with Crippen LogP contribution in [0.3, 0.4) is 0 Å². The number of ether oxygens (including phenoxy) is 1. The summed E-state index contributed by atoms with van der Waals surface area (Å²) in [4.78, 5) is 12.6. The third kappa shape index (κ3) is 2.56. The number of fused-ring (bicyclic) bond motifs is 2. The van der Waals surface area contributed by atoms with E-state index in [2.05, 4.69) is 22.9 Å². The minimum Gasteiger partial charge on any atom is -0.490 e. The Morgan fingerprint density at radius 3 is 2.81 bits per heavy atom. The van der Waals surface area contributed by atoms with E-state index >= 15 is 0 Å². The number of halogens is 1. The Balaban J connectivity index is 2.39. The lowest BCUT2D eigenvalue weighted by molar-refractivity contribution is 0.323. The van der Waals surface area contributed by atoms with Crippen LogP contribution in [0.4, 0.5) is 0 Å². The fourth-order valence-electron chi connectivity index (χ4n) is 2.33. The van der Waals surface area contributed by atoms with Crippen LogP contribution in [0.2, 0.25) is 0 Å². The van der Waals surface area contributed by atoms with Crippen LogP contribution in [-0.4, -0.2) is 6.61 Å². The van der Waals surface area contributed by atoms with Crippen LogP contribution in [0, 0.1) is 13.8 Å². The summed E-state index contributed by atoms with van der Waals surface area (Å²) < 4.78 is 12.5. The van der Waals surface area contributed by atoms with E-state index in [1.807, 2.05) is 25.1 Å². The molecule has 0 fully saturated rings. The van der Waals surface area contributed by atoms with E-state index in [1.165, 1.54) is 0 Å². The van der Waals surface area contributed by atoms with Gasteiger partial charge in [-0.25, -0.2) is 0 Å². The average molecular weight is 346 g/mol. The molecule has 0 aliphatic carbocycles. The maximum Gasteiger partial charge on any atom is 0.200 e. The molecule has 3 rings (SSSR count). The zero-order valence-corrected chi connectivity index (χ0v) is 13.2. The summed E-state index contributed by atoms with van der Waals surface area (Å²) in [5, 5.41) is 1.11. The largest absolute Gasteiger partial charge is 0.490 e. The van der Waals surface area contributed by atoms with Gasteiger partial charge in [-0.05, 0) is 56.2 Å². The first-order chi connectivity index (χ1) is 10.1. The molecule has 4 heteroatoms. The summed E-state index contributed by atoms with van der Waals surface area (Å²) in [6.07, 6.45) is 0.652. The van der Waals surface area contributed by atoms with Gasteiger partial charge in [0, 0.05) is 4.47 Å². The van der Waals surface area contributed by atoms with Crippen molar-refractivity contribution in [2.75, 3.05) is 6.61 Å². The lowest BCUT2D eigenvalue weighted by Crippen LogP contribution is -2.04. The van der Waals surface area contributed by atoms with Gasteiger partial charge in [0.05, 0.1) is 17.4 Å². The van der Waals surface area contributed by atoms with E-state index in [9.17, 15) is 4.79 Å². The highest BCUT2D eigenvalue weighted by molar-refractivity contribution is 9.10. The molecule has 21 heavy (non-hydrogen) atoms. The van der Waals surface area contributed by atoms with Gasteiger partial charge >= 0.3 is 0 Å². The van der Waals surface area contributed by atoms with Crippen molar-refractivity contribution in [3.05, 3.63) is 57.5 Å². The molecule has 0 saturated heterocycles. The molecular weight excluding hydrogens is 332 g/mol. The van der Waals surface area contributed by atoms with Gasteiger partial charge in [0.25, 0.3) is 0 Å². The summed E-state index contributed by atoms with van der Waals surface area (Å²) in [6.45, 7) is 6.18. The van der Waals surface area contributed by atoms with Crippen molar-refractivity contribution >= 4 is 37.9 Å². The molecule has 0 atom stereocenters. The molecule has 0 aliphatic rings. The maximum absolute atomic E-state index is 12.6. The number of rotatable bonds is 3. The van der Waals surface area contributed by atoms with E-state index in [1.54, 1.807) is 12.1 Å². The van der Waals surface area contributed by atoms with Crippen molar-refractivity contribution in [3.8, 4) is 5.75 Å². The number of aryl methyl sites for hydroxylation is 1. The van der Waals surface area contributed by atoms with Gasteiger partial charge in [-0.1, -0.05) is 15.9 Å². The third-order valence-corrected chi connectivity index (χ3v) is 3.74. The van der Waals surface area contributed by atoms with Gasteiger partial charge < -0.3 is 9.15 Å². The minimum atomic E-state index is -0.0399. The van der Waals surface area contributed by atoms with Crippen LogP contribution >= 0.6 is 15.9 Å². The standard InChI is InChI=1S/C17H14BrO3/c1-3-6-20-15-8-10(2)7-13-16(19)12-5-4-11(18)9-14(12)21-17(13)15/h4-5,7-9H,1,3,6H2,2H3. The first-order valence-electron chi connectivity index (χ1n) is 6.69. The van der Waals surface area contributed by atoms with Crippen LogP contribution in [0.15, 0.2) is 44.0 Å². The molecule has 0 N–H and O–H groups in total. The maximum atomic E-state index is 12.6. The van der Waals surface area contributed by atoms with Crippen molar-refractivity contribution in [2.24, 2.45) is 0 Å². The number of hydrogen-bond donors (Lipinski definition) is 0. The fraction of sp³-hybridized carbons (Fsp3) is 0.176. The first kappa shape index (κ1) is 14.1. The second-order valence-electron chi connectivity index (χ2n) is 4.91. The monoisotopic (exact) mass is 345 g/mol. The summed E-state index contributed by atoms with van der Waals surface area (Å²) in [6, 6.07) is 9.11.